The standard InChI is InChI=1S/C19H29N7S.HI/c1-4-16-15(3)27-17(24-16)7-10-23-18(20-5-2)25-11-13-26(14-12-25)19-21-8-6-9-22-19;/h6,8-9H,4-5,7,10-14H2,1-3H3,(H,20,23);1H. The number of halogens is 1. The van der Waals surface area contributed by atoms with Crippen LogP contribution in [0.15, 0.2) is 23.5 Å². The highest BCUT2D eigenvalue weighted by atomic mass is 127. The Labute approximate surface area is 188 Å². The largest absolute Gasteiger partial charge is 0.357 e. The molecule has 0 amide bonds. The van der Waals surface area contributed by atoms with Crippen molar-refractivity contribution in [2.45, 2.75) is 33.6 Å². The lowest BCUT2D eigenvalue weighted by molar-refractivity contribution is 0.370. The Bertz CT molecular complexity index is 742. The number of guanidine groups is 1. The van der Waals surface area contributed by atoms with Gasteiger partial charge in [-0.15, -0.1) is 35.3 Å². The van der Waals surface area contributed by atoms with Gasteiger partial charge in [-0.3, -0.25) is 4.99 Å². The molecule has 0 radical (unpaired) electrons. The van der Waals surface area contributed by atoms with Crippen LogP contribution in [0.4, 0.5) is 5.95 Å². The summed E-state index contributed by atoms with van der Waals surface area (Å²) in [6.45, 7) is 11.7. The summed E-state index contributed by atoms with van der Waals surface area (Å²) >= 11 is 1.80. The predicted molar refractivity (Wildman–Crippen MR) is 127 cm³/mol. The molecule has 2 aromatic heterocycles. The predicted octanol–water partition coefficient (Wildman–Crippen LogP) is 2.75. The van der Waals surface area contributed by atoms with Crippen molar-refractivity contribution in [3.05, 3.63) is 34.0 Å². The van der Waals surface area contributed by atoms with Crippen molar-refractivity contribution < 1.29 is 0 Å². The number of aliphatic imine (C=N–C) groups is 1. The molecule has 3 heterocycles. The van der Waals surface area contributed by atoms with Gasteiger partial charge in [-0.1, -0.05) is 6.92 Å². The number of aryl methyl sites for hydroxylation is 2. The van der Waals surface area contributed by atoms with Crippen LogP contribution in [0, 0.1) is 6.92 Å². The summed E-state index contributed by atoms with van der Waals surface area (Å²) in [5.74, 6) is 1.81. The summed E-state index contributed by atoms with van der Waals surface area (Å²) in [6, 6.07) is 1.85. The molecule has 0 aliphatic carbocycles. The van der Waals surface area contributed by atoms with Crippen molar-refractivity contribution >= 4 is 47.2 Å². The van der Waals surface area contributed by atoms with Crippen LogP contribution in [0.1, 0.15) is 29.4 Å². The minimum absolute atomic E-state index is 0. The van der Waals surface area contributed by atoms with Gasteiger partial charge in [-0.25, -0.2) is 15.0 Å². The summed E-state index contributed by atoms with van der Waals surface area (Å²) in [7, 11) is 0. The quantitative estimate of drug-likeness (QED) is 0.363. The van der Waals surface area contributed by atoms with Gasteiger partial charge in [0.15, 0.2) is 5.96 Å². The Hall–Kier alpha value is -1.49. The number of rotatable bonds is 6. The smallest absolute Gasteiger partial charge is 0.225 e. The number of hydrogen-bond acceptors (Lipinski definition) is 6. The first-order valence-corrected chi connectivity index (χ1v) is 10.5. The van der Waals surface area contributed by atoms with Gasteiger partial charge in [0, 0.05) is 63.0 Å². The van der Waals surface area contributed by atoms with E-state index in [1.54, 1.807) is 23.7 Å². The van der Waals surface area contributed by atoms with Crippen LogP contribution < -0.4 is 10.2 Å². The van der Waals surface area contributed by atoms with Crippen molar-refractivity contribution in [1.82, 2.24) is 25.2 Å². The lowest BCUT2D eigenvalue weighted by Gasteiger charge is -2.36. The monoisotopic (exact) mass is 515 g/mol. The van der Waals surface area contributed by atoms with Gasteiger partial charge in [0.2, 0.25) is 5.95 Å². The Balaban J connectivity index is 0.00000280. The molecule has 1 aliphatic rings. The SMILES string of the molecule is CCNC(=NCCc1nc(CC)c(C)s1)N1CCN(c2ncccn2)CC1.I. The molecule has 1 N–H and O–H groups in total. The zero-order chi connectivity index (χ0) is 19.1. The first-order chi connectivity index (χ1) is 13.2. The number of aromatic nitrogens is 3. The lowest BCUT2D eigenvalue weighted by atomic mass is 10.3. The zero-order valence-corrected chi connectivity index (χ0v) is 20.0. The second-order valence-electron chi connectivity index (χ2n) is 6.47. The normalized spacial score (nSPS) is 14.8. The second kappa shape index (κ2) is 11.5. The van der Waals surface area contributed by atoms with Crippen LogP contribution in [0.2, 0.25) is 0 Å². The van der Waals surface area contributed by atoms with E-state index in [4.69, 9.17) is 9.98 Å². The molecule has 28 heavy (non-hydrogen) atoms. The number of nitrogens with zero attached hydrogens (tertiary/aromatic N) is 6. The minimum atomic E-state index is 0. The van der Waals surface area contributed by atoms with E-state index < -0.39 is 0 Å². The molecule has 154 valence electrons. The van der Waals surface area contributed by atoms with Crippen LogP contribution in [-0.4, -0.2) is 65.1 Å². The summed E-state index contributed by atoms with van der Waals surface area (Å²) in [5.41, 5.74) is 1.23. The number of anilines is 1. The van der Waals surface area contributed by atoms with Gasteiger partial charge in [0.1, 0.15) is 0 Å². The van der Waals surface area contributed by atoms with Gasteiger partial charge in [0.05, 0.1) is 10.7 Å². The summed E-state index contributed by atoms with van der Waals surface area (Å²) < 4.78 is 0. The van der Waals surface area contributed by atoms with Gasteiger partial charge < -0.3 is 15.1 Å². The van der Waals surface area contributed by atoms with E-state index >= 15 is 0 Å². The van der Waals surface area contributed by atoms with E-state index in [2.05, 4.69) is 45.9 Å². The number of piperazine rings is 1. The maximum atomic E-state index is 4.84. The van der Waals surface area contributed by atoms with E-state index in [-0.39, 0.29) is 24.0 Å². The molecule has 2 aromatic rings. The molecule has 9 heteroatoms. The van der Waals surface area contributed by atoms with Gasteiger partial charge >= 0.3 is 0 Å². The fraction of sp³-hybridized carbons (Fsp3) is 0.579. The number of hydrogen-bond donors (Lipinski definition) is 1. The van der Waals surface area contributed by atoms with E-state index in [9.17, 15) is 0 Å². The van der Waals surface area contributed by atoms with E-state index in [1.165, 1.54) is 15.6 Å². The topological polar surface area (TPSA) is 69.5 Å². The third-order valence-electron chi connectivity index (χ3n) is 4.61. The Morgan fingerprint density at radius 1 is 1.18 bits per heavy atom. The molecular formula is C19H30IN7S. The molecule has 0 bridgehead atoms. The van der Waals surface area contributed by atoms with Crippen LogP contribution in [0.3, 0.4) is 0 Å². The minimum Gasteiger partial charge on any atom is -0.357 e. The molecule has 0 atom stereocenters. The number of thiazole rings is 1. The summed E-state index contributed by atoms with van der Waals surface area (Å²) in [4.78, 5) is 24.2. The molecule has 0 spiro atoms. The third-order valence-corrected chi connectivity index (χ3v) is 5.68. The maximum absolute atomic E-state index is 4.84. The molecule has 7 nitrogen and oxygen atoms in total. The number of nitrogens with one attached hydrogen (secondary N) is 1. The maximum Gasteiger partial charge on any atom is 0.225 e. The van der Waals surface area contributed by atoms with Crippen LogP contribution in [0.25, 0.3) is 0 Å². The molecule has 1 saturated heterocycles. The van der Waals surface area contributed by atoms with Gasteiger partial charge in [0.25, 0.3) is 0 Å². The molecule has 0 aromatic carbocycles. The highest BCUT2D eigenvalue weighted by Crippen LogP contribution is 2.18. The fourth-order valence-corrected chi connectivity index (χ4v) is 4.19. The van der Waals surface area contributed by atoms with Gasteiger partial charge in [-0.2, -0.15) is 0 Å². The van der Waals surface area contributed by atoms with Crippen molar-refractivity contribution in [3.8, 4) is 0 Å². The molecule has 0 unspecified atom stereocenters. The molecule has 3 rings (SSSR count). The first kappa shape index (κ1) is 22.8. The van der Waals surface area contributed by atoms with Gasteiger partial charge in [-0.05, 0) is 26.3 Å². The summed E-state index contributed by atoms with van der Waals surface area (Å²) in [6.07, 6.45) is 5.50. The Morgan fingerprint density at radius 3 is 2.50 bits per heavy atom. The first-order valence-electron chi connectivity index (χ1n) is 9.71. The van der Waals surface area contributed by atoms with E-state index in [0.717, 1.165) is 64.0 Å². The highest BCUT2D eigenvalue weighted by molar-refractivity contribution is 14.0. The fourth-order valence-electron chi connectivity index (χ4n) is 3.18. The van der Waals surface area contributed by atoms with E-state index in [0.29, 0.717) is 0 Å². The van der Waals surface area contributed by atoms with Crippen LogP contribution in [0.5, 0.6) is 0 Å². The lowest BCUT2D eigenvalue weighted by Crippen LogP contribution is -2.53. The Kier molecular flexibility index (Phi) is 9.36. The van der Waals surface area contributed by atoms with Crippen molar-refractivity contribution in [2.75, 3.05) is 44.2 Å². The molecule has 1 fully saturated rings. The van der Waals surface area contributed by atoms with E-state index in [1.807, 2.05) is 6.07 Å². The molecular weight excluding hydrogens is 485 g/mol. The van der Waals surface area contributed by atoms with Crippen LogP contribution >= 0.6 is 35.3 Å². The van der Waals surface area contributed by atoms with Crippen LogP contribution in [-0.2, 0) is 12.8 Å². The van der Waals surface area contributed by atoms with Crippen molar-refractivity contribution in [3.63, 3.8) is 0 Å². The average Bonchev–Trinajstić information content (AvgIpc) is 3.08. The summed E-state index contributed by atoms with van der Waals surface area (Å²) in [5, 5.41) is 4.62. The average molecular weight is 515 g/mol. The zero-order valence-electron chi connectivity index (χ0n) is 16.9. The van der Waals surface area contributed by atoms with Crippen molar-refractivity contribution in [1.29, 1.82) is 0 Å². The second-order valence-corrected chi connectivity index (χ2v) is 7.76. The molecule has 1 aliphatic heterocycles. The Morgan fingerprint density at radius 2 is 1.89 bits per heavy atom. The highest BCUT2D eigenvalue weighted by Gasteiger charge is 2.21. The molecule has 0 saturated carbocycles. The third kappa shape index (κ3) is 6.00. The van der Waals surface area contributed by atoms with Crippen molar-refractivity contribution in [2.24, 2.45) is 4.99 Å².